The Morgan fingerprint density at radius 2 is 1.88 bits per heavy atom. The molecule has 3 rings (SSSR count). The Morgan fingerprint density at radius 1 is 1.15 bits per heavy atom. The Morgan fingerprint density at radius 3 is 2.55 bits per heavy atom. The number of hydrogen-bond acceptors (Lipinski definition) is 6. The number of likely N-dealkylation sites (tertiary alicyclic amines) is 1. The number of hydrogen-bond donors (Lipinski definition) is 3. The van der Waals surface area contributed by atoms with Crippen molar-refractivity contribution in [2.45, 2.75) is 25.6 Å². The number of β-amino-alcohol motifs (C(OH)–C–C–N with tert-alkyl or cyclic N) is 1. The van der Waals surface area contributed by atoms with E-state index in [-0.39, 0.29) is 42.5 Å². The number of guanidine groups is 1. The fraction of sp³-hybridized carbons (Fsp3) is 0.652. The number of halogens is 1. The smallest absolute Gasteiger partial charge is 0.241 e. The third-order valence-corrected chi connectivity index (χ3v) is 5.90. The molecule has 1 unspecified atom stereocenters. The van der Waals surface area contributed by atoms with Crippen molar-refractivity contribution in [3.05, 3.63) is 35.4 Å². The van der Waals surface area contributed by atoms with Crippen LogP contribution in [-0.4, -0.2) is 111 Å². The first-order chi connectivity index (χ1) is 15.5. The van der Waals surface area contributed by atoms with Gasteiger partial charge in [0.25, 0.3) is 0 Å². The van der Waals surface area contributed by atoms with Crippen LogP contribution in [-0.2, 0) is 22.6 Å². The van der Waals surface area contributed by atoms with E-state index >= 15 is 0 Å². The van der Waals surface area contributed by atoms with Crippen LogP contribution < -0.4 is 10.6 Å². The summed E-state index contributed by atoms with van der Waals surface area (Å²) in [7, 11) is 3.50. The molecule has 1 atom stereocenters. The van der Waals surface area contributed by atoms with E-state index < -0.39 is 0 Å². The zero-order valence-corrected chi connectivity index (χ0v) is 22.2. The molecule has 10 heteroatoms. The maximum Gasteiger partial charge on any atom is 0.241 e. The Bertz CT molecular complexity index is 757. The molecule has 33 heavy (non-hydrogen) atoms. The lowest BCUT2D eigenvalue weighted by Gasteiger charge is -2.26. The quantitative estimate of drug-likeness (QED) is 0.223. The van der Waals surface area contributed by atoms with Crippen LogP contribution in [0.25, 0.3) is 0 Å². The van der Waals surface area contributed by atoms with E-state index in [4.69, 9.17) is 9.73 Å². The molecule has 0 bridgehead atoms. The summed E-state index contributed by atoms with van der Waals surface area (Å²) in [5.74, 6) is 0.639. The average Bonchev–Trinajstić information content (AvgIpc) is 3.21. The number of aliphatic imine (C=N–C) groups is 1. The Hall–Kier alpha value is -1.47. The molecular formula is C23H39IN6O3. The number of likely N-dealkylation sites (N-methyl/N-ethyl adjacent to an activating group) is 1. The van der Waals surface area contributed by atoms with Gasteiger partial charge in [-0.2, -0.15) is 0 Å². The SMILES string of the molecule is CN(C)C(=O)CNC(=NCc1ccccc1CN1CCC(O)C1)NCCN1CCOCC1.I. The van der Waals surface area contributed by atoms with Crippen LogP contribution in [0.1, 0.15) is 17.5 Å². The summed E-state index contributed by atoms with van der Waals surface area (Å²) in [5.41, 5.74) is 2.38. The van der Waals surface area contributed by atoms with Crippen molar-refractivity contribution in [3.63, 3.8) is 0 Å². The summed E-state index contributed by atoms with van der Waals surface area (Å²) in [6.45, 7) is 8.27. The molecule has 9 nitrogen and oxygen atoms in total. The number of nitrogens with zero attached hydrogens (tertiary/aromatic N) is 4. The summed E-state index contributed by atoms with van der Waals surface area (Å²) >= 11 is 0. The Balaban J connectivity index is 0.00000385. The van der Waals surface area contributed by atoms with Gasteiger partial charge in [0.15, 0.2) is 5.96 Å². The summed E-state index contributed by atoms with van der Waals surface area (Å²) in [4.78, 5) is 23.0. The molecule has 1 aromatic rings. The first-order valence-corrected chi connectivity index (χ1v) is 11.5. The number of morpholine rings is 1. The number of nitrogens with one attached hydrogen (secondary N) is 2. The van der Waals surface area contributed by atoms with E-state index in [9.17, 15) is 9.90 Å². The molecule has 2 aliphatic heterocycles. The van der Waals surface area contributed by atoms with Crippen molar-refractivity contribution < 1.29 is 14.6 Å². The van der Waals surface area contributed by atoms with Gasteiger partial charge in [-0.1, -0.05) is 24.3 Å². The van der Waals surface area contributed by atoms with Crippen molar-refractivity contribution in [1.29, 1.82) is 0 Å². The molecule has 186 valence electrons. The maximum absolute atomic E-state index is 12.0. The molecule has 0 radical (unpaired) electrons. The zero-order valence-electron chi connectivity index (χ0n) is 19.8. The second-order valence-corrected chi connectivity index (χ2v) is 8.63. The van der Waals surface area contributed by atoms with Crippen LogP contribution in [0, 0.1) is 0 Å². The molecule has 3 N–H and O–H groups in total. The lowest BCUT2D eigenvalue weighted by Crippen LogP contribution is -2.46. The minimum absolute atomic E-state index is 0. The number of carbonyl (C=O) groups excluding carboxylic acids is 1. The second-order valence-electron chi connectivity index (χ2n) is 8.63. The fourth-order valence-electron chi connectivity index (χ4n) is 3.88. The predicted molar refractivity (Wildman–Crippen MR) is 141 cm³/mol. The van der Waals surface area contributed by atoms with Crippen molar-refractivity contribution in [3.8, 4) is 0 Å². The Labute approximate surface area is 214 Å². The van der Waals surface area contributed by atoms with E-state index in [1.807, 2.05) is 12.1 Å². The molecule has 2 heterocycles. The molecule has 1 amide bonds. The molecule has 1 aromatic carbocycles. The van der Waals surface area contributed by atoms with E-state index in [1.165, 1.54) is 5.56 Å². The fourth-order valence-corrected chi connectivity index (χ4v) is 3.88. The van der Waals surface area contributed by atoms with Crippen LogP contribution >= 0.6 is 24.0 Å². The monoisotopic (exact) mass is 574 g/mol. The van der Waals surface area contributed by atoms with Gasteiger partial charge in [-0.15, -0.1) is 24.0 Å². The first-order valence-electron chi connectivity index (χ1n) is 11.5. The standard InChI is InChI=1S/C23H38N6O3.HI/c1-27(2)22(31)16-26-23(24-8-10-28-11-13-32-14-12-28)25-15-19-5-3-4-6-20(19)17-29-9-7-21(30)18-29;/h3-6,21,30H,7-18H2,1-2H3,(H2,24,25,26);1H. The largest absolute Gasteiger partial charge is 0.392 e. The van der Waals surface area contributed by atoms with Gasteiger partial charge < -0.3 is 25.4 Å². The number of aliphatic hydroxyl groups excluding tert-OH is 1. The van der Waals surface area contributed by atoms with Crippen molar-refractivity contribution in [2.75, 3.05) is 73.1 Å². The third-order valence-electron chi connectivity index (χ3n) is 5.90. The number of benzene rings is 1. The van der Waals surface area contributed by atoms with Gasteiger partial charge >= 0.3 is 0 Å². The van der Waals surface area contributed by atoms with E-state index in [0.717, 1.165) is 71.0 Å². The number of amides is 1. The minimum atomic E-state index is -0.221. The maximum atomic E-state index is 12.0. The minimum Gasteiger partial charge on any atom is -0.392 e. The van der Waals surface area contributed by atoms with Gasteiger partial charge in [0, 0.05) is 59.9 Å². The number of ether oxygens (including phenoxy) is 1. The molecule has 0 aliphatic carbocycles. The van der Waals surface area contributed by atoms with Crippen molar-refractivity contribution in [2.24, 2.45) is 4.99 Å². The first kappa shape index (κ1) is 27.8. The molecule has 0 saturated carbocycles. The Kier molecular flexibility index (Phi) is 12.4. The van der Waals surface area contributed by atoms with Gasteiger partial charge in [-0.25, -0.2) is 4.99 Å². The summed E-state index contributed by atoms with van der Waals surface area (Å²) in [6.07, 6.45) is 0.613. The van der Waals surface area contributed by atoms with Gasteiger partial charge in [0.05, 0.1) is 32.4 Å². The van der Waals surface area contributed by atoms with Gasteiger partial charge in [0.1, 0.15) is 0 Å². The molecular weight excluding hydrogens is 535 g/mol. The van der Waals surface area contributed by atoms with Crippen LogP contribution in [0.2, 0.25) is 0 Å². The van der Waals surface area contributed by atoms with Crippen molar-refractivity contribution >= 4 is 35.8 Å². The molecule has 2 aliphatic rings. The zero-order chi connectivity index (χ0) is 22.8. The molecule has 0 aromatic heterocycles. The normalized spacial score (nSPS) is 19.7. The lowest BCUT2D eigenvalue weighted by atomic mass is 10.1. The average molecular weight is 575 g/mol. The van der Waals surface area contributed by atoms with Gasteiger partial charge in [-0.3, -0.25) is 14.6 Å². The predicted octanol–water partition coefficient (Wildman–Crippen LogP) is 0.327. The van der Waals surface area contributed by atoms with E-state index in [0.29, 0.717) is 12.5 Å². The highest BCUT2D eigenvalue weighted by atomic mass is 127. The molecule has 2 saturated heterocycles. The van der Waals surface area contributed by atoms with Gasteiger partial charge in [0.2, 0.25) is 5.91 Å². The highest BCUT2D eigenvalue weighted by molar-refractivity contribution is 14.0. The van der Waals surface area contributed by atoms with Crippen LogP contribution in [0.3, 0.4) is 0 Å². The van der Waals surface area contributed by atoms with E-state index in [1.54, 1.807) is 19.0 Å². The molecule has 2 fully saturated rings. The number of aliphatic hydroxyl groups is 1. The number of rotatable bonds is 9. The van der Waals surface area contributed by atoms with Crippen LogP contribution in [0.15, 0.2) is 29.3 Å². The van der Waals surface area contributed by atoms with Crippen LogP contribution in [0.5, 0.6) is 0 Å². The second kappa shape index (κ2) is 14.7. The highest BCUT2D eigenvalue weighted by Crippen LogP contribution is 2.17. The lowest BCUT2D eigenvalue weighted by molar-refractivity contribution is -0.127. The highest BCUT2D eigenvalue weighted by Gasteiger charge is 2.20. The summed E-state index contributed by atoms with van der Waals surface area (Å²) in [6, 6.07) is 8.30. The van der Waals surface area contributed by atoms with Crippen LogP contribution in [0.4, 0.5) is 0 Å². The van der Waals surface area contributed by atoms with Crippen molar-refractivity contribution in [1.82, 2.24) is 25.3 Å². The number of carbonyl (C=O) groups is 1. The summed E-state index contributed by atoms with van der Waals surface area (Å²) < 4.78 is 5.41. The summed E-state index contributed by atoms with van der Waals surface area (Å²) in [5, 5.41) is 16.4. The topological polar surface area (TPSA) is 92.7 Å². The third kappa shape index (κ3) is 9.73. The van der Waals surface area contributed by atoms with Gasteiger partial charge in [-0.05, 0) is 17.5 Å². The van der Waals surface area contributed by atoms with E-state index in [2.05, 4.69) is 32.6 Å². The molecule has 0 spiro atoms.